The van der Waals surface area contributed by atoms with Crippen molar-refractivity contribution in [2.24, 2.45) is 0 Å². The van der Waals surface area contributed by atoms with Gasteiger partial charge in [0.1, 0.15) is 34.5 Å². The highest BCUT2D eigenvalue weighted by Crippen LogP contribution is 2.62. The first-order chi connectivity index (χ1) is 26.1. The SMILES string of the molecule is CCC(C)(Oc1ccc(-c2ccc(OP(=O)(Oc3ccccc3)C(C)(CC)Oc3ccccc3)cc2)cc1)P(=O)(Oc1ccccc1)Oc1ccccc1. The largest absolute Gasteiger partial charge is 0.473 e. The Labute approximate surface area is 317 Å². The van der Waals surface area contributed by atoms with Crippen LogP contribution >= 0.6 is 15.2 Å². The molecule has 0 aromatic heterocycles. The molecule has 0 bridgehead atoms. The number of rotatable bonds is 17. The van der Waals surface area contributed by atoms with Gasteiger partial charge in [0, 0.05) is 0 Å². The first-order valence-corrected chi connectivity index (χ1v) is 20.9. The molecule has 0 saturated heterocycles. The zero-order valence-corrected chi connectivity index (χ0v) is 32.5. The topological polar surface area (TPSA) is 89.5 Å². The summed E-state index contributed by atoms with van der Waals surface area (Å²) >= 11 is 0. The second-order valence-electron chi connectivity index (χ2n) is 12.9. The molecule has 0 heterocycles. The van der Waals surface area contributed by atoms with Gasteiger partial charge in [-0.15, -0.1) is 0 Å². The maximum atomic E-state index is 14.8. The molecule has 0 spiro atoms. The summed E-state index contributed by atoms with van der Waals surface area (Å²) in [5.41, 5.74) is 1.78. The van der Waals surface area contributed by atoms with Crippen LogP contribution in [-0.2, 0) is 9.13 Å². The maximum absolute atomic E-state index is 14.8. The van der Waals surface area contributed by atoms with E-state index in [9.17, 15) is 9.13 Å². The van der Waals surface area contributed by atoms with Gasteiger partial charge < -0.3 is 27.6 Å². The van der Waals surface area contributed by atoms with Crippen LogP contribution in [0.5, 0.6) is 34.5 Å². The van der Waals surface area contributed by atoms with Crippen LogP contribution in [0.15, 0.2) is 170 Å². The van der Waals surface area contributed by atoms with E-state index in [1.165, 1.54) is 0 Å². The molecule has 0 aliphatic rings. The first kappa shape index (κ1) is 38.3. The Morgan fingerprint density at radius 3 is 0.907 bits per heavy atom. The lowest BCUT2D eigenvalue weighted by molar-refractivity contribution is 0.135. The van der Waals surface area contributed by atoms with Crippen molar-refractivity contribution >= 4 is 15.2 Å². The Balaban J connectivity index is 1.22. The van der Waals surface area contributed by atoms with Crippen molar-refractivity contribution < 1.29 is 36.7 Å². The van der Waals surface area contributed by atoms with Crippen molar-refractivity contribution in [1.29, 1.82) is 0 Å². The number of hydrogen-bond acceptors (Lipinski definition) is 8. The zero-order chi connectivity index (χ0) is 38.1. The van der Waals surface area contributed by atoms with E-state index in [4.69, 9.17) is 27.6 Å². The van der Waals surface area contributed by atoms with E-state index < -0.39 is 25.9 Å². The van der Waals surface area contributed by atoms with Crippen LogP contribution in [0, 0.1) is 0 Å². The van der Waals surface area contributed by atoms with Crippen molar-refractivity contribution in [2.45, 2.75) is 51.2 Å². The van der Waals surface area contributed by atoms with Crippen LogP contribution in [0.1, 0.15) is 40.5 Å². The van der Waals surface area contributed by atoms with E-state index in [0.717, 1.165) is 11.1 Å². The summed E-state index contributed by atoms with van der Waals surface area (Å²) in [5, 5.41) is -2.65. The van der Waals surface area contributed by atoms with Gasteiger partial charge in [-0.3, -0.25) is 0 Å². The minimum Gasteiger partial charge on any atom is -0.472 e. The van der Waals surface area contributed by atoms with Crippen molar-refractivity contribution in [2.75, 3.05) is 0 Å². The quantitative estimate of drug-likeness (QED) is 0.0849. The highest BCUT2D eigenvalue weighted by Gasteiger charge is 2.53. The van der Waals surface area contributed by atoms with E-state index in [2.05, 4.69) is 0 Å². The molecule has 10 heteroatoms. The number of ether oxygens (including phenoxy) is 2. The fourth-order valence-electron chi connectivity index (χ4n) is 5.49. The minimum absolute atomic E-state index is 0.332. The summed E-state index contributed by atoms with van der Waals surface area (Å²) in [5.74, 6) is 2.64. The summed E-state index contributed by atoms with van der Waals surface area (Å²) in [4.78, 5) is 0. The van der Waals surface area contributed by atoms with Gasteiger partial charge in [-0.1, -0.05) is 111 Å². The first-order valence-electron chi connectivity index (χ1n) is 17.8. The Morgan fingerprint density at radius 1 is 0.370 bits per heavy atom. The standard InChI is InChI=1S/C44H44O8P2/c1-5-43(3,47-37-19-11-7-12-20-37)54(46,51-41-25-17-10-18-26-41)52-42-33-29-36(30-34-42)35-27-31-38(32-28-35)48-44(4,6-2)53(45,49-39-21-13-8-14-22-39)50-40-23-15-9-16-24-40/h7-34H,5-6H2,1-4H3. The summed E-state index contributed by atoms with van der Waals surface area (Å²) in [7, 11) is -7.99. The molecule has 0 aliphatic heterocycles. The Kier molecular flexibility index (Phi) is 11.9. The number of para-hydroxylation sites is 4. The van der Waals surface area contributed by atoms with Gasteiger partial charge in [0.05, 0.1) is 0 Å². The Bertz CT molecular complexity index is 2120. The van der Waals surface area contributed by atoms with Crippen LogP contribution in [0.25, 0.3) is 11.1 Å². The summed E-state index contributed by atoms with van der Waals surface area (Å²) < 4.78 is 67.0. The molecule has 0 fully saturated rings. The van der Waals surface area contributed by atoms with Gasteiger partial charge in [0.2, 0.25) is 10.7 Å². The number of benzene rings is 6. The molecule has 54 heavy (non-hydrogen) atoms. The minimum atomic E-state index is -4.01. The molecular weight excluding hydrogens is 718 g/mol. The van der Waals surface area contributed by atoms with Gasteiger partial charge in [-0.25, -0.2) is 9.13 Å². The smallest absolute Gasteiger partial charge is 0.472 e. The van der Waals surface area contributed by atoms with Crippen molar-refractivity contribution in [1.82, 2.24) is 0 Å². The summed E-state index contributed by atoms with van der Waals surface area (Å²) in [6.07, 6.45) is 0.681. The van der Waals surface area contributed by atoms with Crippen molar-refractivity contribution in [3.05, 3.63) is 170 Å². The molecule has 0 aliphatic carbocycles. The van der Waals surface area contributed by atoms with Gasteiger partial charge in [0.15, 0.2) is 0 Å². The third kappa shape index (κ3) is 8.85. The highest BCUT2D eigenvalue weighted by molar-refractivity contribution is 7.56. The lowest BCUT2D eigenvalue weighted by Gasteiger charge is -2.35. The van der Waals surface area contributed by atoms with Gasteiger partial charge in [0.25, 0.3) is 0 Å². The van der Waals surface area contributed by atoms with Crippen molar-refractivity contribution in [3.8, 4) is 45.6 Å². The molecule has 278 valence electrons. The molecule has 6 rings (SSSR count). The zero-order valence-electron chi connectivity index (χ0n) is 30.7. The predicted molar refractivity (Wildman–Crippen MR) is 214 cm³/mol. The Morgan fingerprint density at radius 2 is 0.611 bits per heavy atom. The molecule has 3 unspecified atom stereocenters. The van der Waals surface area contributed by atoms with E-state index in [1.54, 1.807) is 62.4 Å². The van der Waals surface area contributed by atoms with Crippen LogP contribution in [0.2, 0.25) is 0 Å². The monoisotopic (exact) mass is 762 g/mol. The maximum Gasteiger partial charge on any atom is 0.473 e. The third-order valence-corrected chi connectivity index (χ3v) is 14.0. The molecule has 6 aromatic carbocycles. The van der Waals surface area contributed by atoms with Crippen molar-refractivity contribution in [3.63, 3.8) is 0 Å². The molecule has 0 saturated carbocycles. The van der Waals surface area contributed by atoms with E-state index >= 15 is 0 Å². The van der Waals surface area contributed by atoms with E-state index in [-0.39, 0.29) is 0 Å². The molecule has 0 N–H and O–H groups in total. The fraction of sp³-hybridized carbons (Fsp3) is 0.182. The fourth-order valence-corrected chi connectivity index (χ4v) is 9.14. The van der Waals surface area contributed by atoms with E-state index in [0.29, 0.717) is 47.3 Å². The molecule has 8 nitrogen and oxygen atoms in total. The molecule has 6 aromatic rings. The molecular formula is C44H44O8P2. The van der Waals surface area contributed by atoms with Crippen LogP contribution in [0.3, 0.4) is 0 Å². The predicted octanol–water partition coefficient (Wildman–Crippen LogP) is 13.1. The third-order valence-electron chi connectivity index (χ3n) is 9.06. The van der Waals surface area contributed by atoms with Gasteiger partial charge in [-0.2, -0.15) is 0 Å². The number of hydrogen-bond donors (Lipinski definition) is 0. The highest BCUT2D eigenvalue weighted by atomic mass is 31.2. The average Bonchev–Trinajstić information content (AvgIpc) is 3.20. The lowest BCUT2D eigenvalue weighted by atomic mass is 10.1. The molecule has 0 amide bonds. The lowest BCUT2D eigenvalue weighted by Crippen LogP contribution is -2.35. The second-order valence-corrected chi connectivity index (χ2v) is 17.5. The summed E-state index contributed by atoms with van der Waals surface area (Å²) in [6, 6.07) is 50.8. The average molecular weight is 763 g/mol. The Hall–Kier alpha value is -5.42. The van der Waals surface area contributed by atoms with Crippen LogP contribution in [-0.4, -0.2) is 10.7 Å². The second kappa shape index (κ2) is 16.7. The molecule has 3 atom stereocenters. The van der Waals surface area contributed by atoms with Gasteiger partial charge >= 0.3 is 15.2 Å². The van der Waals surface area contributed by atoms with Crippen LogP contribution in [0.4, 0.5) is 0 Å². The normalized spacial score (nSPS) is 14.7. The van der Waals surface area contributed by atoms with Crippen LogP contribution < -0.4 is 27.6 Å². The summed E-state index contributed by atoms with van der Waals surface area (Å²) in [6.45, 7) is 7.25. The van der Waals surface area contributed by atoms with Gasteiger partial charge in [-0.05, 0) is 111 Å². The molecule has 0 radical (unpaired) electrons. The van der Waals surface area contributed by atoms with E-state index in [1.807, 2.05) is 135 Å².